The summed E-state index contributed by atoms with van der Waals surface area (Å²) in [4.78, 5) is 24.9. The Morgan fingerprint density at radius 1 is 0.839 bits per heavy atom. The van der Waals surface area contributed by atoms with E-state index < -0.39 is 0 Å². The van der Waals surface area contributed by atoms with Gasteiger partial charge in [-0.2, -0.15) is 0 Å². The van der Waals surface area contributed by atoms with Gasteiger partial charge in [-0.3, -0.25) is 0 Å². The monoisotopic (exact) mass is 430 g/mol. The maximum absolute atomic E-state index is 12.5. The number of unbranched alkanes of at least 4 members (excludes halogenated alkanes) is 9. The van der Waals surface area contributed by atoms with E-state index in [-0.39, 0.29) is 18.0 Å². The highest BCUT2D eigenvalue weighted by Gasteiger charge is 2.25. The van der Waals surface area contributed by atoms with Crippen LogP contribution in [0.1, 0.15) is 124 Å². The molecule has 0 spiro atoms. The third kappa shape index (κ3) is 9.88. The largest absolute Gasteiger partial charge is 0.462 e. The van der Waals surface area contributed by atoms with Crippen LogP contribution in [0.25, 0.3) is 0 Å². The Balaban J connectivity index is 1.63. The van der Waals surface area contributed by atoms with E-state index in [0.29, 0.717) is 23.7 Å². The molecule has 0 radical (unpaired) electrons. The Morgan fingerprint density at radius 3 is 2.06 bits per heavy atom. The molecule has 31 heavy (non-hydrogen) atoms. The van der Waals surface area contributed by atoms with Gasteiger partial charge in [-0.15, -0.1) is 0 Å². The van der Waals surface area contributed by atoms with Crippen molar-refractivity contribution in [3.8, 4) is 0 Å². The average Bonchev–Trinajstić information content (AvgIpc) is 2.79. The standard InChI is InChI=1S/C27H42O4/c1-3-4-5-6-7-8-9-10-11-14-20-30-26(28)23-17-15-18-24(21-23)27(29)31-25-19-13-12-16-22(25)2/h15,17-18,21-22,25H,3-14,16,19-20H2,1-2H3. The summed E-state index contributed by atoms with van der Waals surface area (Å²) in [5, 5.41) is 0. The fourth-order valence-corrected chi connectivity index (χ4v) is 4.27. The van der Waals surface area contributed by atoms with Crippen LogP contribution in [-0.4, -0.2) is 24.6 Å². The van der Waals surface area contributed by atoms with Gasteiger partial charge in [0.1, 0.15) is 6.10 Å². The number of ether oxygens (including phenoxy) is 2. The molecule has 1 aromatic rings. The van der Waals surface area contributed by atoms with E-state index in [0.717, 1.165) is 32.1 Å². The highest BCUT2D eigenvalue weighted by Crippen LogP contribution is 2.27. The summed E-state index contributed by atoms with van der Waals surface area (Å²) >= 11 is 0. The Labute approximate surface area is 189 Å². The molecule has 2 rings (SSSR count). The lowest BCUT2D eigenvalue weighted by atomic mass is 9.88. The van der Waals surface area contributed by atoms with E-state index in [1.807, 2.05) is 0 Å². The second kappa shape index (κ2) is 15.0. The third-order valence-electron chi connectivity index (χ3n) is 6.36. The number of hydrogen-bond acceptors (Lipinski definition) is 4. The number of benzene rings is 1. The van der Waals surface area contributed by atoms with Crippen molar-refractivity contribution in [3.63, 3.8) is 0 Å². The van der Waals surface area contributed by atoms with E-state index in [2.05, 4.69) is 13.8 Å². The topological polar surface area (TPSA) is 52.6 Å². The van der Waals surface area contributed by atoms with E-state index in [1.165, 1.54) is 57.8 Å². The lowest BCUT2D eigenvalue weighted by Gasteiger charge is -2.28. The van der Waals surface area contributed by atoms with Crippen LogP contribution < -0.4 is 0 Å². The van der Waals surface area contributed by atoms with Crippen LogP contribution in [-0.2, 0) is 9.47 Å². The van der Waals surface area contributed by atoms with Crippen molar-refractivity contribution in [3.05, 3.63) is 35.4 Å². The zero-order valence-electron chi connectivity index (χ0n) is 19.7. The molecule has 4 heteroatoms. The maximum Gasteiger partial charge on any atom is 0.338 e. The molecule has 0 N–H and O–H groups in total. The Hall–Kier alpha value is -1.84. The van der Waals surface area contributed by atoms with Crippen LogP contribution >= 0.6 is 0 Å². The van der Waals surface area contributed by atoms with Crippen molar-refractivity contribution in [2.75, 3.05) is 6.61 Å². The minimum atomic E-state index is -0.364. The fraction of sp³-hybridized carbons (Fsp3) is 0.704. The fourth-order valence-electron chi connectivity index (χ4n) is 4.27. The summed E-state index contributed by atoms with van der Waals surface area (Å²) in [7, 11) is 0. The SMILES string of the molecule is CCCCCCCCCCCCOC(=O)c1cccc(C(=O)OC2CCCCC2C)c1. The second-order valence-corrected chi connectivity index (χ2v) is 9.10. The lowest BCUT2D eigenvalue weighted by molar-refractivity contribution is 0.00481. The highest BCUT2D eigenvalue weighted by atomic mass is 16.5. The minimum absolute atomic E-state index is 0.0202. The van der Waals surface area contributed by atoms with Gasteiger partial charge in [0.15, 0.2) is 0 Å². The summed E-state index contributed by atoms with van der Waals surface area (Å²) in [5.74, 6) is -0.313. The summed E-state index contributed by atoms with van der Waals surface area (Å²) in [5.41, 5.74) is 0.837. The predicted octanol–water partition coefficient (Wildman–Crippen LogP) is 7.50. The molecule has 1 aromatic carbocycles. The minimum Gasteiger partial charge on any atom is -0.462 e. The number of rotatable bonds is 14. The number of hydrogen-bond donors (Lipinski definition) is 0. The van der Waals surface area contributed by atoms with Gasteiger partial charge in [0.05, 0.1) is 17.7 Å². The molecule has 0 heterocycles. The van der Waals surface area contributed by atoms with Gasteiger partial charge < -0.3 is 9.47 Å². The molecule has 1 fully saturated rings. The van der Waals surface area contributed by atoms with Crippen LogP contribution in [0.3, 0.4) is 0 Å². The first-order valence-electron chi connectivity index (χ1n) is 12.6. The highest BCUT2D eigenvalue weighted by molar-refractivity contribution is 5.95. The summed E-state index contributed by atoms with van der Waals surface area (Å²) in [6, 6.07) is 6.71. The van der Waals surface area contributed by atoms with Crippen LogP contribution in [0.4, 0.5) is 0 Å². The van der Waals surface area contributed by atoms with Gasteiger partial charge in [0.25, 0.3) is 0 Å². The molecule has 1 aliphatic carbocycles. The normalized spacial score (nSPS) is 18.5. The summed E-state index contributed by atoms with van der Waals surface area (Å²) in [6.45, 7) is 4.82. The first kappa shape index (κ1) is 25.4. The zero-order valence-corrected chi connectivity index (χ0v) is 19.7. The molecular formula is C27H42O4. The van der Waals surface area contributed by atoms with Gasteiger partial charge in [-0.1, -0.05) is 84.1 Å². The molecule has 2 unspecified atom stereocenters. The summed E-state index contributed by atoms with van der Waals surface area (Å²) in [6.07, 6.45) is 16.8. The third-order valence-corrected chi connectivity index (χ3v) is 6.36. The van der Waals surface area contributed by atoms with Crippen LogP contribution in [0.5, 0.6) is 0 Å². The lowest BCUT2D eigenvalue weighted by Crippen LogP contribution is -2.28. The van der Waals surface area contributed by atoms with Crippen molar-refractivity contribution in [2.24, 2.45) is 5.92 Å². The van der Waals surface area contributed by atoms with Gasteiger partial charge in [-0.25, -0.2) is 9.59 Å². The average molecular weight is 431 g/mol. The molecule has 0 amide bonds. The molecule has 1 saturated carbocycles. The predicted molar refractivity (Wildman–Crippen MR) is 125 cm³/mol. The Bertz CT molecular complexity index is 654. The van der Waals surface area contributed by atoms with Gasteiger partial charge >= 0.3 is 11.9 Å². The smallest absolute Gasteiger partial charge is 0.338 e. The Morgan fingerprint density at radius 2 is 1.42 bits per heavy atom. The van der Waals surface area contributed by atoms with E-state index in [1.54, 1.807) is 24.3 Å². The van der Waals surface area contributed by atoms with Crippen LogP contribution in [0.2, 0.25) is 0 Å². The molecule has 0 aromatic heterocycles. The Kier molecular flexibility index (Phi) is 12.3. The van der Waals surface area contributed by atoms with Crippen molar-refractivity contribution >= 4 is 11.9 Å². The quantitative estimate of drug-likeness (QED) is 0.226. The summed E-state index contributed by atoms with van der Waals surface area (Å²) < 4.78 is 11.1. The van der Waals surface area contributed by atoms with Gasteiger partial charge in [-0.05, 0) is 49.8 Å². The van der Waals surface area contributed by atoms with Crippen molar-refractivity contribution in [1.29, 1.82) is 0 Å². The molecule has 0 aliphatic heterocycles. The molecule has 2 atom stereocenters. The molecule has 1 aliphatic rings. The van der Waals surface area contributed by atoms with Gasteiger partial charge in [0.2, 0.25) is 0 Å². The van der Waals surface area contributed by atoms with Crippen LogP contribution in [0.15, 0.2) is 24.3 Å². The van der Waals surface area contributed by atoms with E-state index >= 15 is 0 Å². The first-order valence-corrected chi connectivity index (χ1v) is 12.6. The van der Waals surface area contributed by atoms with E-state index in [9.17, 15) is 9.59 Å². The molecule has 0 bridgehead atoms. The first-order chi connectivity index (χ1) is 15.1. The molecule has 4 nitrogen and oxygen atoms in total. The number of esters is 2. The van der Waals surface area contributed by atoms with E-state index in [4.69, 9.17) is 9.47 Å². The maximum atomic E-state index is 12.5. The molecule has 174 valence electrons. The molecule has 0 saturated heterocycles. The van der Waals surface area contributed by atoms with Gasteiger partial charge in [0, 0.05) is 0 Å². The number of carbonyl (C=O) groups is 2. The van der Waals surface area contributed by atoms with Crippen molar-refractivity contribution < 1.29 is 19.1 Å². The molecular weight excluding hydrogens is 388 g/mol. The number of carbonyl (C=O) groups excluding carboxylic acids is 2. The van der Waals surface area contributed by atoms with Crippen molar-refractivity contribution in [1.82, 2.24) is 0 Å². The zero-order chi connectivity index (χ0) is 22.3. The van der Waals surface area contributed by atoms with Crippen LogP contribution in [0, 0.1) is 5.92 Å². The second-order valence-electron chi connectivity index (χ2n) is 9.10. The van der Waals surface area contributed by atoms with Crippen molar-refractivity contribution in [2.45, 2.75) is 110 Å².